The van der Waals surface area contributed by atoms with E-state index in [9.17, 15) is 0 Å². The van der Waals surface area contributed by atoms with Crippen molar-refractivity contribution in [1.29, 1.82) is 0 Å². The Morgan fingerprint density at radius 1 is 0.569 bits per heavy atom. The van der Waals surface area contributed by atoms with Crippen LogP contribution < -0.4 is 34.6 Å². The second-order valence-corrected chi connectivity index (χ2v) is 14.7. The van der Waals surface area contributed by atoms with Crippen molar-refractivity contribution in [2.45, 2.75) is 38.6 Å². The zero-order valence-electron chi connectivity index (χ0n) is 33.3. The van der Waals surface area contributed by atoms with Gasteiger partial charge in [0.1, 0.15) is 48.4 Å². The van der Waals surface area contributed by atoms with Gasteiger partial charge in [0.15, 0.2) is 0 Å². The molecule has 58 heavy (non-hydrogen) atoms. The van der Waals surface area contributed by atoms with Crippen molar-refractivity contribution in [3.63, 3.8) is 0 Å². The maximum absolute atomic E-state index is 6.20. The summed E-state index contributed by atoms with van der Waals surface area (Å²) in [7, 11) is 1.91. The highest BCUT2D eigenvalue weighted by atomic mass is 16.6. The number of anilines is 4. The van der Waals surface area contributed by atoms with E-state index in [0.717, 1.165) is 78.3 Å². The van der Waals surface area contributed by atoms with E-state index in [4.69, 9.17) is 23.7 Å². The molecular weight excluding hydrogens is 725 g/mol. The number of hydrogen-bond donors (Lipinski definition) is 2. The maximum Gasteiger partial charge on any atom is 0.127 e. The number of ether oxygens (including phenoxy) is 5. The van der Waals surface area contributed by atoms with E-state index in [-0.39, 0.29) is 12.2 Å². The van der Waals surface area contributed by atoms with Gasteiger partial charge in [0.2, 0.25) is 0 Å². The molecule has 8 rings (SSSR count). The summed E-state index contributed by atoms with van der Waals surface area (Å²) in [6.07, 6.45) is 1.27. The summed E-state index contributed by atoms with van der Waals surface area (Å²) in [5.74, 6) is 3.39. The second-order valence-electron chi connectivity index (χ2n) is 14.7. The summed E-state index contributed by atoms with van der Waals surface area (Å²) >= 11 is 0. The van der Waals surface area contributed by atoms with Gasteiger partial charge in [-0.05, 0) is 109 Å². The smallest absolute Gasteiger partial charge is 0.127 e. The molecule has 6 aromatic carbocycles. The Morgan fingerprint density at radius 2 is 1.03 bits per heavy atom. The summed E-state index contributed by atoms with van der Waals surface area (Å²) in [5, 5.41) is 6.78. The molecule has 9 nitrogen and oxygen atoms in total. The molecule has 0 amide bonds. The van der Waals surface area contributed by atoms with Gasteiger partial charge in [-0.1, -0.05) is 60.7 Å². The Labute approximate surface area is 342 Å². The monoisotopic (exact) mass is 776 g/mol. The Bertz CT molecular complexity index is 2190. The molecule has 2 unspecified atom stereocenters. The molecule has 2 saturated heterocycles. The van der Waals surface area contributed by atoms with Crippen LogP contribution in [0.15, 0.2) is 146 Å². The maximum atomic E-state index is 6.20. The first-order valence-electron chi connectivity index (χ1n) is 20.2. The number of benzene rings is 6. The number of para-hydroxylation sites is 2. The first kappa shape index (κ1) is 38.7. The molecule has 2 N–H and O–H groups in total. The summed E-state index contributed by atoms with van der Waals surface area (Å²) in [6.45, 7) is 7.85. The van der Waals surface area contributed by atoms with Crippen LogP contribution in [0.5, 0.6) is 23.0 Å². The third-order valence-corrected chi connectivity index (χ3v) is 10.4. The summed E-state index contributed by atoms with van der Waals surface area (Å²) in [4.78, 5) is 4.72. The van der Waals surface area contributed by atoms with Crippen LogP contribution in [0.4, 0.5) is 22.7 Å². The van der Waals surface area contributed by atoms with Crippen molar-refractivity contribution in [3.05, 3.63) is 168 Å². The van der Waals surface area contributed by atoms with E-state index in [1.54, 1.807) is 0 Å². The van der Waals surface area contributed by atoms with Crippen LogP contribution in [-0.2, 0) is 29.0 Å². The van der Waals surface area contributed by atoms with E-state index in [1.165, 1.54) is 22.4 Å². The van der Waals surface area contributed by atoms with E-state index in [2.05, 4.69) is 118 Å². The molecular formula is C49H52N4O5. The molecule has 0 aliphatic carbocycles. The third-order valence-electron chi connectivity index (χ3n) is 10.4. The average Bonchev–Trinajstić information content (AvgIpc) is 4.22. The van der Waals surface area contributed by atoms with Gasteiger partial charge >= 0.3 is 0 Å². The lowest BCUT2D eigenvalue weighted by atomic mass is 10.0. The van der Waals surface area contributed by atoms with E-state index >= 15 is 0 Å². The van der Waals surface area contributed by atoms with Crippen molar-refractivity contribution in [2.24, 2.45) is 0 Å². The largest absolute Gasteiger partial charge is 0.490 e. The number of hydrogen-bond acceptors (Lipinski definition) is 9. The van der Waals surface area contributed by atoms with Crippen LogP contribution in [0.25, 0.3) is 0 Å². The Morgan fingerprint density at radius 3 is 1.52 bits per heavy atom. The van der Waals surface area contributed by atoms with Crippen LogP contribution in [0.2, 0.25) is 0 Å². The third kappa shape index (κ3) is 10.8. The Kier molecular flexibility index (Phi) is 12.6. The highest BCUT2D eigenvalue weighted by Gasteiger charge is 2.24. The SMILES string of the molecule is CCN(Cc1ccccc1OCC1CO1)c1ccc(Cc2ccc(N(CNc3ccc(Oc4ccc(NC)cc4)cc3)Cc3ccccc3OCC3CO3)cc2)cc1. The lowest BCUT2D eigenvalue weighted by Crippen LogP contribution is -2.29. The molecule has 0 radical (unpaired) electrons. The Balaban J connectivity index is 0.924. The first-order chi connectivity index (χ1) is 28.6. The summed E-state index contributed by atoms with van der Waals surface area (Å²) in [5.41, 5.74) is 9.18. The summed E-state index contributed by atoms with van der Waals surface area (Å²) < 4.78 is 29.1. The molecule has 0 saturated carbocycles. The van der Waals surface area contributed by atoms with Crippen molar-refractivity contribution < 1.29 is 23.7 Å². The van der Waals surface area contributed by atoms with Crippen LogP contribution >= 0.6 is 0 Å². The van der Waals surface area contributed by atoms with Crippen molar-refractivity contribution in [3.8, 4) is 23.0 Å². The fourth-order valence-corrected chi connectivity index (χ4v) is 6.82. The van der Waals surface area contributed by atoms with Gasteiger partial charge in [-0.25, -0.2) is 0 Å². The van der Waals surface area contributed by atoms with E-state index in [1.807, 2.05) is 61.6 Å². The van der Waals surface area contributed by atoms with Crippen LogP contribution in [0, 0.1) is 0 Å². The lowest BCUT2D eigenvalue weighted by Gasteiger charge is -2.27. The molecule has 0 aromatic heterocycles. The fraction of sp³-hybridized carbons (Fsp3) is 0.265. The van der Waals surface area contributed by atoms with Gasteiger partial charge < -0.3 is 44.1 Å². The number of epoxide rings is 2. The molecule has 2 atom stereocenters. The Hall–Kier alpha value is -6.16. The minimum absolute atomic E-state index is 0.190. The van der Waals surface area contributed by atoms with Gasteiger partial charge in [-0.2, -0.15) is 0 Å². The number of nitrogens with one attached hydrogen (secondary N) is 2. The normalized spacial score (nSPS) is 15.3. The van der Waals surface area contributed by atoms with Gasteiger partial charge in [-0.3, -0.25) is 0 Å². The summed E-state index contributed by atoms with van der Waals surface area (Å²) in [6, 6.07) is 50.5. The topological polar surface area (TPSA) is 83.3 Å². The highest BCUT2D eigenvalue weighted by Crippen LogP contribution is 2.29. The minimum Gasteiger partial charge on any atom is -0.490 e. The molecule has 9 heteroatoms. The zero-order chi connectivity index (χ0) is 39.5. The standard InChI is InChI=1S/C49H52N4O5/c1-3-52(29-38-8-4-6-10-48(38)56-33-46-31-54-46)42-20-12-36(13-21-42)28-37-14-22-43(23-15-37)53(30-39-9-5-7-11-49(39)57-34-47-32-55-47)35-51-41-18-26-45(27-19-41)58-44-24-16-40(50-2)17-25-44/h4-27,46-47,50-51H,3,28-35H2,1-2H3. The number of nitrogens with zero attached hydrogens (tertiary/aromatic N) is 2. The van der Waals surface area contributed by atoms with E-state index in [0.29, 0.717) is 26.4 Å². The van der Waals surface area contributed by atoms with Crippen LogP contribution in [0.3, 0.4) is 0 Å². The lowest BCUT2D eigenvalue weighted by molar-refractivity contribution is 0.261. The molecule has 6 aromatic rings. The van der Waals surface area contributed by atoms with Crippen LogP contribution in [-0.4, -0.2) is 58.9 Å². The molecule has 298 valence electrons. The molecule has 0 bridgehead atoms. The van der Waals surface area contributed by atoms with E-state index < -0.39 is 0 Å². The second kappa shape index (κ2) is 18.9. The minimum atomic E-state index is 0.190. The van der Waals surface area contributed by atoms with Crippen molar-refractivity contribution >= 4 is 22.7 Å². The number of rotatable bonds is 21. The van der Waals surface area contributed by atoms with Crippen LogP contribution in [0.1, 0.15) is 29.2 Å². The molecule has 2 heterocycles. The molecule has 2 aliphatic heterocycles. The molecule has 2 fully saturated rings. The fourth-order valence-electron chi connectivity index (χ4n) is 6.82. The predicted octanol–water partition coefficient (Wildman–Crippen LogP) is 9.77. The molecule has 0 spiro atoms. The van der Waals surface area contributed by atoms with Gasteiger partial charge in [-0.15, -0.1) is 0 Å². The zero-order valence-corrected chi connectivity index (χ0v) is 33.3. The predicted molar refractivity (Wildman–Crippen MR) is 233 cm³/mol. The molecule has 2 aliphatic rings. The first-order valence-corrected chi connectivity index (χ1v) is 20.2. The van der Waals surface area contributed by atoms with Gasteiger partial charge in [0.05, 0.1) is 19.9 Å². The average molecular weight is 777 g/mol. The highest BCUT2D eigenvalue weighted by molar-refractivity contribution is 5.55. The van der Waals surface area contributed by atoms with Gasteiger partial charge in [0, 0.05) is 60.6 Å². The van der Waals surface area contributed by atoms with Crippen molar-refractivity contribution in [1.82, 2.24) is 0 Å². The van der Waals surface area contributed by atoms with Gasteiger partial charge in [0.25, 0.3) is 0 Å². The quantitative estimate of drug-likeness (QED) is 0.0549. The van der Waals surface area contributed by atoms with Crippen molar-refractivity contribution in [2.75, 3.05) is 67.1 Å².